The summed E-state index contributed by atoms with van der Waals surface area (Å²) in [5, 5.41) is 11.0. The number of allylic oxidation sites excluding steroid dienone is 4. The van der Waals surface area contributed by atoms with Gasteiger partial charge in [0.25, 0.3) is 0 Å². The number of benzene rings is 1. The molecule has 1 aromatic carbocycles. The average molecular weight is 499 g/mol. The Hall–Kier alpha value is -3.29. The minimum atomic E-state index is -0.505. The Labute approximate surface area is 221 Å². The van der Waals surface area contributed by atoms with Crippen LogP contribution >= 0.6 is 0 Å². The van der Waals surface area contributed by atoms with Gasteiger partial charge in [-0.05, 0) is 69.4 Å². The van der Waals surface area contributed by atoms with Crippen LogP contribution in [0.15, 0.2) is 76.8 Å². The molecule has 0 spiro atoms. The number of hydrogen-bond acceptors (Lipinski definition) is 4. The van der Waals surface area contributed by atoms with Gasteiger partial charge in [0.2, 0.25) is 5.76 Å². The predicted molar refractivity (Wildman–Crippen MR) is 148 cm³/mol. The molecule has 0 radical (unpaired) electrons. The molecule has 4 nitrogen and oxygen atoms in total. The van der Waals surface area contributed by atoms with E-state index in [0.29, 0.717) is 18.8 Å². The Morgan fingerprint density at radius 3 is 2.65 bits per heavy atom. The van der Waals surface area contributed by atoms with E-state index >= 15 is 0 Å². The van der Waals surface area contributed by atoms with Crippen LogP contribution in [0.4, 0.5) is 0 Å². The molecule has 2 atom stereocenters. The molecular formula is C33H38O4. The number of rotatable bonds is 8. The second-order valence-corrected chi connectivity index (χ2v) is 10.5. The van der Waals surface area contributed by atoms with Crippen LogP contribution in [0.25, 0.3) is 6.08 Å². The summed E-state index contributed by atoms with van der Waals surface area (Å²) < 4.78 is 10.8. The number of carbonyl (C=O) groups excluding carboxylic acids is 1. The molecule has 0 aliphatic heterocycles. The highest BCUT2D eigenvalue weighted by molar-refractivity contribution is 5.86. The van der Waals surface area contributed by atoms with Crippen LogP contribution in [0.3, 0.4) is 0 Å². The van der Waals surface area contributed by atoms with Gasteiger partial charge in [0.1, 0.15) is 5.76 Å². The van der Waals surface area contributed by atoms with Crippen molar-refractivity contribution in [2.75, 3.05) is 6.61 Å². The number of aliphatic hydroxyl groups is 1. The summed E-state index contributed by atoms with van der Waals surface area (Å²) in [6.07, 6.45) is 18.0. The van der Waals surface area contributed by atoms with E-state index in [-0.39, 0.29) is 16.6 Å². The summed E-state index contributed by atoms with van der Waals surface area (Å²) in [5.74, 6) is 7.02. The Morgan fingerprint density at radius 1 is 1.11 bits per heavy atom. The van der Waals surface area contributed by atoms with Crippen molar-refractivity contribution in [2.24, 2.45) is 10.8 Å². The first-order chi connectivity index (χ1) is 17.9. The summed E-state index contributed by atoms with van der Waals surface area (Å²) in [7, 11) is 0. The van der Waals surface area contributed by atoms with E-state index in [9.17, 15) is 9.90 Å². The fourth-order valence-corrected chi connectivity index (χ4v) is 5.29. The normalized spacial score (nSPS) is 22.9. The minimum absolute atomic E-state index is 0.0975. The molecular weight excluding hydrogens is 460 g/mol. The second kappa shape index (κ2) is 12.3. The molecule has 194 valence electrons. The number of carbonyl (C=O) groups is 1. The quantitative estimate of drug-likeness (QED) is 0.232. The number of furan rings is 1. The van der Waals surface area contributed by atoms with Crippen molar-refractivity contribution in [1.29, 1.82) is 0 Å². The zero-order chi connectivity index (χ0) is 26.1. The third kappa shape index (κ3) is 6.73. The van der Waals surface area contributed by atoms with E-state index in [0.717, 1.165) is 44.1 Å². The maximum Gasteiger partial charge on any atom is 0.374 e. The molecule has 37 heavy (non-hydrogen) atoms. The molecule has 2 saturated carbocycles. The van der Waals surface area contributed by atoms with Crippen LogP contribution in [-0.2, 0) is 4.74 Å². The van der Waals surface area contributed by atoms with Gasteiger partial charge in [0, 0.05) is 22.8 Å². The zero-order valence-electron chi connectivity index (χ0n) is 22.0. The van der Waals surface area contributed by atoms with Crippen molar-refractivity contribution < 1.29 is 19.1 Å². The second-order valence-electron chi connectivity index (χ2n) is 10.5. The van der Waals surface area contributed by atoms with Crippen molar-refractivity contribution in [2.45, 2.75) is 71.3 Å². The lowest BCUT2D eigenvalue weighted by atomic mass is 9.63. The first kappa shape index (κ1) is 26.8. The summed E-state index contributed by atoms with van der Waals surface area (Å²) >= 11 is 0. The van der Waals surface area contributed by atoms with Crippen LogP contribution in [0.2, 0.25) is 0 Å². The Morgan fingerprint density at radius 2 is 1.92 bits per heavy atom. The average Bonchev–Trinajstić information content (AvgIpc) is 3.34. The van der Waals surface area contributed by atoms with Crippen molar-refractivity contribution >= 4 is 12.0 Å². The Kier molecular flexibility index (Phi) is 8.90. The van der Waals surface area contributed by atoms with Crippen LogP contribution in [-0.4, -0.2) is 23.8 Å². The van der Waals surface area contributed by atoms with E-state index in [1.165, 1.54) is 12.0 Å². The monoisotopic (exact) mass is 498 g/mol. The molecule has 1 N–H and O–H groups in total. The van der Waals surface area contributed by atoms with Crippen LogP contribution in [0, 0.1) is 22.7 Å². The summed E-state index contributed by atoms with van der Waals surface area (Å²) in [6, 6.07) is 13.5. The SMILES string of the molecule is CCOC(=O)c1ccc(/C=C2\CCCC[C@]2(C)/C=C/C=C/[C@H](O)C2(CC#Cc3ccccc3)CCC2)o1. The third-order valence-electron chi connectivity index (χ3n) is 7.84. The van der Waals surface area contributed by atoms with Gasteiger partial charge in [-0.15, -0.1) is 0 Å². The molecule has 0 bridgehead atoms. The van der Waals surface area contributed by atoms with Crippen LogP contribution in [0.1, 0.15) is 87.1 Å². The first-order valence-corrected chi connectivity index (χ1v) is 13.5. The maximum atomic E-state index is 11.9. The fraction of sp³-hybridized carbons (Fsp3) is 0.424. The molecule has 1 heterocycles. The van der Waals surface area contributed by atoms with Gasteiger partial charge >= 0.3 is 5.97 Å². The van der Waals surface area contributed by atoms with Crippen LogP contribution in [0.5, 0.6) is 0 Å². The van der Waals surface area contributed by atoms with E-state index in [2.05, 4.69) is 37.0 Å². The predicted octanol–water partition coefficient (Wildman–Crippen LogP) is 7.51. The molecule has 2 aliphatic carbocycles. The fourth-order valence-electron chi connectivity index (χ4n) is 5.29. The van der Waals surface area contributed by atoms with Gasteiger partial charge in [0.05, 0.1) is 12.7 Å². The van der Waals surface area contributed by atoms with E-state index < -0.39 is 12.1 Å². The maximum absolute atomic E-state index is 11.9. The summed E-state index contributed by atoms with van der Waals surface area (Å²) in [6.45, 7) is 4.35. The van der Waals surface area contributed by atoms with Gasteiger partial charge in [-0.1, -0.05) is 79.7 Å². The first-order valence-electron chi connectivity index (χ1n) is 13.5. The molecule has 2 aromatic rings. The molecule has 2 fully saturated rings. The van der Waals surface area contributed by atoms with Gasteiger partial charge in [-0.3, -0.25) is 0 Å². The number of hydrogen-bond donors (Lipinski definition) is 1. The van der Waals surface area contributed by atoms with Gasteiger partial charge in [0.15, 0.2) is 0 Å². The summed E-state index contributed by atoms with van der Waals surface area (Å²) in [5.41, 5.74) is 2.07. The molecule has 0 unspecified atom stereocenters. The molecule has 1 aromatic heterocycles. The Bertz CT molecular complexity index is 1200. The van der Waals surface area contributed by atoms with E-state index in [4.69, 9.17) is 9.15 Å². The van der Waals surface area contributed by atoms with Gasteiger partial charge in [-0.25, -0.2) is 4.79 Å². The van der Waals surface area contributed by atoms with E-state index in [1.807, 2.05) is 48.6 Å². The highest BCUT2D eigenvalue weighted by atomic mass is 16.5. The molecule has 0 saturated heterocycles. The lowest BCUT2D eigenvalue weighted by molar-refractivity contribution is -0.000792. The lowest BCUT2D eigenvalue weighted by Gasteiger charge is -2.43. The van der Waals surface area contributed by atoms with Crippen molar-refractivity contribution in [1.82, 2.24) is 0 Å². The van der Waals surface area contributed by atoms with E-state index in [1.54, 1.807) is 13.0 Å². The lowest BCUT2D eigenvalue weighted by Crippen LogP contribution is -2.40. The molecule has 2 aliphatic rings. The van der Waals surface area contributed by atoms with Crippen molar-refractivity contribution in [3.63, 3.8) is 0 Å². The van der Waals surface area contributed by atoms with Crippen LogP contribution < -0.4 is 0 Å². The standard InChI is InChI=1S/C33H38O4/c1-3-36-31(35)29-19-18-28(37-29)25-27-16-7-9-20-32(27,2)21-10-8-17-30(34)33(23-12-24-33)22-11-15-26-13-5-4-6-14-26/h4-6,8,10,13-14,17-19,21,25,30,34H,3,7,9,12,16,20,22-24H2,1-2H3/b17-8+,21-10+,27-25+/t30-,32+/m0/s1. The van der Waals surface area contributed by atoms with Crippen molar-refractivity contribution in [3.8, 4) is 11.8 Å². The molecule has 4 heteroatoms. The number of esters is 1. The molecule has 0 amide bonds. The zero-order valence-corrected chi connectivity index (χ0v) is 22.0. The largest absolute Gasteiger partial charge is 0.460 e. The minimum Gasteiger partial charge on any atom is -0.460 e. The van der Waals surface area contributed by atoms with Crippen molar-refractivity contribution in [3.05, 3.63) is 89.4 Å². The highest BCUT2D eigenvalue weighted by Crippen LogP contribution is 2.47. The third-order valence-corrected chi connectivity index (χ3v) is 7.84. The van der Waals surface area contributed by atoms with Gasteiger partial charge < -0.3 is 14.3 Å². The topological polar surface area (TPSA) is 59.7 Å². The number of ether oxygens (including phenoxy) is 1. The highest BCUT2D eigenvalue weighted by Gasteiger charge is 2.41. The smallest absolute Gasteiger partial charge is 0.374 e. The van der Waals surface area contributed by atoms with Gasteiger partial charge in [-0.2, -0.15) is 0 Å². The molecule has 4 rings (SSSR count). The number of aliphatic hydroxyl groups excluding tert-OH is 1. The Balaban J connectivity index is 1.41. The summed E-state index contributed by atoms with van der Waals surface area (Å²) in [4.78, 5) is 11.9.